The lowest BCUT2D eigenvalue weighted by Crippen LogP contribution is -2.43. The fourth-order valence-corrected chi connectivity index (χ4v) is 2.87. The van der Waals surface area contributed by atoms with Gasteiger partial charge in [-0.15, -0.1) is 0 Å². The Bertz CT molecular complexity index is 264. The molecule has 4 nitrogen and oxygen atoms in total. The summed E-state index contributed by atoms with van der Waals surface area (Å²) in [6.45, 7) is 12.9. The molecule has 0 aromatic rings. The van der Waals surface area contributed by atoms with E-state index in [4.69, 9.17) is 5.73 Å². The lowest BCUT2D eigenvalue weighted by Gasteiger charge is -2.28. The van der Waals surface area contributed by atoms with Gasteiger partial charge < -0.3 is 10.6 Å². The molecule has 0 aromatic carbocycles. The van der Waals surface area contributed by atoms with Crippen LogP contribution in [0, 0.1) is 11.8 Å². The second kappa shape index (κ2) is 7.10. The molecule has 1 aliphatic heterocycles. The summed E-state index contributed by atoms with van der Waals surface area (Å²) in [5, 5.41) is 0. The molecule has 106 valence electrons. The Morgan fingerprint density at radius 3 is 2.44 bits per heavy atom. The van der Waals surface area contributed by atoms with E-state index in [0.717, 1.165) is 32.6 Å². The number of hydrogen-bond donors (Lipinski definition) is 1. The summed E-state index contributed by atoms with van der Waals surface area (Å²) < 4.78 is 0. The molecule has 2 atom stereocenters. The predicted molar refractivity (Wildman–Crippen MR) is 75.3 cm³/mol. The van der Waals surface area contributed by atoms with Crippen molar-refractivity contribution < 1.29 is 4.79 Å². The van der Waals surface area contributed by atoms with Crippen LogP contribution in [0.5, 0.6) is 0 Å². The monoisotopic (exact) mass is 255 g/mol. The van der Waals surface area contributed by atoms with Crippen molar-refractivity contribution in [3.8, 4) is 0 Å². The number of hydrogen-bond acceptors (Lipinski definition) is 3. The summed E-state index contributed by atoms with van der Waals surface area (Å²) in [5.41, 5.74) is 5.73. The first-order valence-corrected chi connectivity index (χ1v) is 7.27. The minimum absolute atomic E-state index is 0.0135. The minimum Gasteiger partial charge on any atom is -0.341 e. The average Bonchev–Trinajstić information content (AvgIpc) is 2.80. The second-order valence-electron chi connectivity index (χ2n) is 5.53. The largest absolute Gasteiger partial charge is 0.341 e. The van der Waals surface area contributed by atoms with Crippen molar-refractivity contribution in [3.05, 3.63) is 0 Å². The zero-order chi connectivity index (χ0) is 13.7. The number of rotatable bonds is 6. The molecular formula is C14H29N3O. The Labute approximate surface area is 111 Å². The molecule has 0 spiro atoms. The normalized spacial score (nSPS) is 21.9. The van der Waals surface area contributed by atoms with Gasteiger partial charge in [-0.1, -0.05) is 27.7 Å². The smallest absolute Gasteiger partial charge is 0.227 e. The van der Waals surface area contributed by atoms with Crippen molar-refractivity contribution in [1.82, 2.24) is 9.80 Å². The molecule has 18 heavy (non-hydrogen) atoms. The Morgan fingerprint density at radius 1 is 1.39 bits per heavy atom. The van der Waals surface area contributed by atoms with Crippen molar-refractivity contribution >= 4 is 5.91 Å². The van der Waals surface area contributed by atoms with Crippen LogP contribution in [0.3, 0.4) is 0 Å². The molecule has 1 saturated heterocycles. The standard InChI is InChI=1S/C14H29N3O/c1-5-16(6-2)12-7-8-17(10-12)14(18)13(9-15)11(3)4/h11-13H,5-10,15H2,1-4H3. The van der Waals surface area contributed by atoms with Crippen LogP contribution in [0.4, 0.5) is 0 Å². The van der Waals surface area contributed by atoms with Gasteiger partial charge in [0.2, 0.25) is 5.91 Å². The number of carbonyl (C=O) groups is 1. The molecule has 0 aliphatic carbocycles. The van der Waals surface area contributed by atoms with E-state index in [-0.39, 0.29) is 11.8 Å². The van der Waals surface area contributed by atoms with Gasteiger partial charge in [0.15, 0.2) is 0 Å². The molecule has 1 fully saturated rings. The molecule has 2 unspecified atom stereocenters. The van der Waals surface area contributed by atoms with Crippen molar-refractivity contribution in [2.45, 2.75) is 40.2 Å². The molecular weight excluding hydrogens is 226 g/mol. The van der Waals surface area contributed by atoms with Gasteiger partial charge in [0.1, 0.15) is 0 Å². The number of nitrogens with two attached hydrogens (primary N) is 1. The maximum atomic E-state index is 12.4. The van der Waals surface area contributed by atoms with Crippen LogP contribution in [-0.4, -0.2) is 54.5 Å². The van der Waals surface area contributed by atoms with Gasteiger partial charge in [-0.2, -0.15) is 0 Å². The lowest BCUT2D eigenvalue weighted by molar-refractivity contribution is -0.135. The first kappa shape index (κ1) is 15.4. The van der Waals surface area contributed by atoms with E-state index in [1.807, 2.05) is 4.90 Å². The highest BCUT2D eigenvalue weighted by Crippen LogP contribution is 2.20. The summed E-state index contributed by atoms with van der Waals surface area (Å²) in [6.07, 6.45) is 1.10. The molecule has 0 saturated carbocycles. The summed E-state index contributed by atoms with van der Waals surface area (Å²) in [5.74, 6) is 0.567. The highest BCUT2D eigenvalue weighted by molar-refractivity contribution is 5.79. The number of amides is 1. The molecule has 1 aliphatic rings. The fourth-order valence-electron chi connectivity index (χ4n) is 2.87. The summed E-state index contributed by atoms with van der Waals surface area (Å²) in [6, 6.07) is 0.537. The van der Waals surface area contributed by atoms with Gasteiger partial charge >= 0.3 is 0 Å². The van der Waals surface area contributed by atoms with Gasteiger partial charge in [-0.3, -0.25) is 9.69 Å². The number of likely N-dealkylation sites (tertiary alicyclic amines) is 1. The van der Waals surface area contributed by atoms with Crippen LogP contribution in [0.15, 0.2) is 0 Å². The Kier molecular flexibility index (Phi) is 6.09. The number of carbonyl (C=O) groups excluding carboxylic acids is 1. The molecule has 0 bridgehead atoms. The third-order valence-electron chi connectivity index (χ3n) is 4.18. The van der Waals surface area contributed by atoms with Gasteiger partial charge in [-0.25, -0.2) is 0 Å². The van der Waals surface area contributed by atoms with Crippen LogP contribution >= 0.6 is 0 Å². The molecule has 1 heterocycles. The van der Waals surface area contributed by atoms with E-state index in [2.05, 4.69) is 32.6 Å². The fraction of sp³-hybridized carbons (Fsp3) is 0.929. The Hall–Kier alpha value is -0.610. The van der Waals surface area contributed by atoms with Crippen LogP contribution < -0.4 is 5.73 Å². The lowest BCUT2D eigenvalue weighted by atomic mass is 9.94. The number of nitrogens with zero attached hydrogens (tertiary/aromatic N) is 2. The summed E-state index contributed by atoms with van der Waals surface area (Å²) in [4.78, 5) is 16.8. The van der Waals surface area contributed by atoms with E-state index >= 15 is 0 Å². The average molecular weight is 255 g/mol. The van der Waals surface area contributed by atoms with Gasteiger partial charge in [0.25, 0.3) is 0 Å². The van der Waals surface area contributed by atoms with Crippen molar-refractivity contribution in [2.24, 2.45) is 17.6 Å². The van der Waals surface area contributed by atoms with E-state index in [1.165, 1.54) is 0 Å². The topological polar surface area (TPSA) is 49.6 Å². The molecule has 0 radical (unpaired) electrons. The molecule has 4 heteroatoms. The zero-order valence-corrected chi connectivity index (χ0v) is 12.4. The van der Waals surface area contributed by atoms with E-state index in [9.17, 15) is 4.79 Å². The highest BCUT2D eigenvalue weighted by atomic mass is 16.2. The van der Waals surface area contributed by atoms with E-state index in [1.54, 1.807) is 0 Å². The van der Waals surface area contributed by atoms with Gasteiger partial charge in [0.05, 0.1) is 5.92 Å². The van der Waals surface area contributed by atoms with Crippen LogP contribution in [0.2, 0.25) is 0 Å². The van der Waals surface area contributed by atoms with Crippen LogP contribution in [0.25, 0.3) is 0 Å². The Morgan fingerprint density at radius 2 is 2.00 bits per heavy atom. The summed E-state index contributed by atoms with van der Waals surface area (Å²) in [7, 11) is 0. The SMILES string of the molecule is CCN(CC)C1CCN(C(=O)C(CN)C(C)C)C1. The third-order valence-corrected chi connectivity index (χ3v) is 4.18. The predicted octanol–water partition coefficient (Wildman–Crippen LogP) is 1.16. The first-order chi connectivity index (χ1) is 8.54. The molecule has 2 N–H and O–H groups in total. The van der Waals surface area contributed by atoms with Crippen molar-refractivity contribution in [2.75, 3.05) is 32.7 Å². The molecule has 1 amide bonds. The van der Waals surface area contributed by atoms with Crippen LogP contribution in [-0.2, 0) is 4.79 Å². The van der Waals surface area contributed by atoms with Gasteiger partial charge in [0, 0.05) is 25.7 Å². The third kappa shape index (κ3) is 3.45. The minimum atomic E-state index is -0.0135. The van der Waals surface area contributed by atoms with Gasteiger partial charge in [-0.05, 0) is 25.4 Å². The maximum Gasteiger partial charge on any atom is 0.227 e. The quantitative estimate of drug-likeness (QED) is 0.775. The summed E-state index contributed by atoms with van der Waals surface area (Å²) >= 11 is 0. The Balaban J connectivity index is 2.58. The van der Waals surface area contributed by atoms with Crippen LogP contribution in [0.1, 0.15) is 34.1 Å². The molecule has 0 aromatic heterocycles. The van der Waals surface area contributed by atoms with E-state index < -0.39 is 0 Å². The second-order valence-corrected chi connectivity index (χ2v) is 5.53. The molecule has 1 rings (SSSR count). The van der Waals surface area contributed by atoms with Crippen molar-refractivity contribution in [3.63, 3.8) is 0 Å². The zero-order valence-electron chi connectivity index (χ0n) is 12.4. The maximum absolute atomic E-state index is 12.4. The van der Waals surface area contributed by atoms with E-state index in [0.29, 0.717) is 18.5 Å². The highest BCUT2D eigenvalue weighted by Gasteiger charge is 2.33. The van der Waals surface area contributed by atoms with Crippen molar-refractivity contribution in [1.29, 1.82) is 0 Å². The first-order valence-electron chi connectivity index (χ1n) is 7.27. The number of likely N-dealkylation sites (N-methyl/N-ethyl adjacent to an activating group) is 1.